The molecule has 8 heteroatoms. The zero-order valence-corrected chi connectivity index (χ0v) is 15.9. The molecular weight excluding hydrogens is 352 g/mol. The summed E-state index contributed by atoms with van der Waals surface area (Å²) in [6, 6.07) is 14.5. The van der Waals surface area contributed by atoms with Crippen LogP contribution in [-0.4, -0.2) is 50.3 Å². The minimum absolute atomic E-state index is 0.332. The van der Waals surface area contributed by atoms with Crippen LogP contribution in [0.15, 0.2) is 48.5 Å². The maximum atomic E-state index is 9.28. The van der Waals surface area contributed by atoms with Gasteiger partial charge in [-0.3, -0.25) is 0 Å². The summed E-state index contributed by atoms with van der Waals surface area (Å²) in [5.41, 5.74) is 2.19. The molecule has 0 spiro atoms. The van der Waals surface area contributed by atoms with Crippen molar-refractivity contribution in [1.82, 2.24) is 0 Å². The highest BCUT2D eigenvalue weighted by Crippen LogP contribution is 2.11. The Morgan fingerprint density at radius 1 is 0.778 bits per heavy atom. The predicted molar refractivity (Wildman–Crippen MR) is 95.8 cm³/mol. The Morgan fingerprint density at radius 2 is 1.11 bits per heavy atom. The number of carboxylic acid groups (broad SMARTS) is 2. The van der Waals surface area contributed by atoms with Crippen LogP contribution < -0.4 is 20.0 Å². The van der Waals surface area contributed by atoms with Gasteiger partial charge in [0, 0.05) is 30.5 Å². The van der Waals surface area contributed by atoms with Crippen LogP contribution in [0.4, 0.5) is 11.4 Å². The Hall–Kier alpha value is -3.10. The Kier molecular flexibility index (Phi) is 10.9. The molecule has 0 amide bonds. The van der Waals surface area contributed by atoms with Gasteiger partial charge in [-0.1, -0.05) is 12.1 Å². The van der Waals surface area contributed by atoms with E-state index in [0.29, 0.717) is 11.5 Å². The average molecular weight is 378 g/mol. The van der Waals surface area contributed by atoms with Gasteiger partial charge in [0.25, 0.3) is 0 Å². The van der Waals surface area contributed by atoms with Crippen LogP contribution in [0.25, 0.3) is 0 Å². The van der Waals surface area contributed by atoms with Crippen LogP contribution in [0, 0.1) is 0 Å². The predicted octanol–water partition coefficient (Wildman–Crippen LogP) is -2.79. The lowest BCUT2D eigenvalue weighted by Gasteiger charge is -2.05. The maximum Gasteiger partial charge on any atom is 0.134 e. The van der Waals surface area contributed by atoms with Crippen molar-refractivity contribution in [1.29, 1.82) is 0 Å². The average Bonchev–Trinajstić information content (AvgIpc) is 2.54. The number of carbonyl (C=O) groups is 2. The highest BCUT2D eigenvalue weighted by Gasteiger charge is 1.99. The largest absolute Gasteiger partial charge is 0.550 e. The molecule has 0 bridgehead atoms. The number of phenolic OH excluding ortho intramolecular Hbond substituents is 2. The SMILES string of the molecule is C[NH+](C)c1cccc(O)c1.C[NH+](C)c1cccc(O)c1.O=C([O-])CC(=O)[O-]. The number of nitrogens with one attached hydrogen (secondary N) is 2. The van der Waals surface area contributed by atoms with Crippen molar-refractivity contribution in [3.8, 4) is 11.5 Å². The molecule has 0 aliphatic carbocycles. The van der Waals surface area contributed by atoms with Crippen LogP contribution in [-0.2, 0) is 9.59 Å². The standard InChI is InChI=1S/2C8H11NO.C3H4O4/c2*1-9(2)7-4-3-5-8(10)6-7;4-2(5)1-3(6)7/h2*3-6,10H,1-2H3;1H2,(H,4,5)(H,6,7). The van der Waals surface area contributed by atoms with E-state index in [1.54, 1.807) is 24.3 Å². The summed E-state index contributed by atoms with van der Waals surface area (Å²) in [7, 11) is 8.09. The van der Waals surface area contributed by atoms with E-state index in [9.17, 15) is 19.8 Å². The quantitative estimate of drug-likeness (QED) is 0.426. The van der Waals surface area contributed by atoms with Crippen molar-refractivity contribution in [2.24, 2.45) is 0 Å². The van der Waals surface area contributed by atoms with Crippen LogP contribution >= 0.6 is 0 Å². The van der Waals surface area contributed by atoms with Gasteiger partial charge >= 0.3 is 0 Å². The Morgan fingerprint density at radius 3 is 1.26 bits per heavy atom. The van der Waals surface area contributed by atoms with Gasteiger partial charge < -0.3 is 39.8 Å². The highest BCUT2D eigenvalue weighted by atomic mass is 16.4. The molecule has 0 aliphatic heterocycles. The molecule has 0 heterocycles. The first kappa shape index (κ1) is 23.9. The fraction of sp³-hybridized carbons (Fsp3) is 0.263. The number of carbonyl (C=O) groups excluding carboxylic acids is 2. The van der Waals surface area contributed by atoms with E-state index in [1.807, 2.05) is 52.5 Å². The lowest BCUT2D eigenvalue weighted by molar-refractivity contribution is -0.786. The van der Waals surface area contributed by atoms with Gasteiger partial charge in [0.1, 0.15) is 22.9 Å². The second kappa shape index (κ2) is 12.3. The van der Waals surface area contributed by atoms with Crippen LogP contribution in [0.3, 0.4) is 0 Å². The monoisotopic (exact) mass is 378 g/mol. The van der Waals surface area contributed by atoms with E-state index < -0.39 is 18.4 Å². The summed E-state index contributed by atoms with van der Waals surface area (Å²) < 4.78 is 0. The summed E-state index contributed by atoms with van der Waals surface area (Å²) in [6.45, 7) is 0. The third-order valence-electron chi connectivity index (χ3n) is 3.14. The molecule has 0 aliphatic rings. The number of quaternary nitrogens is 2. The van der Waals surface area contributed by atoms with E-state index >= 15 is 0 Å². The molecule has 4 N–H and O–H groups in total. The van der Waals surface area contributed by atoms with E-state index in [-0.39, 0.29) is 0 Å². The van der Waals surface area contributed by atoms with E-state index in [4.69, 9.17) is 10.2 Å². The topological polar surface area (TPSA) is 130 Å². The molecule has 8 nitrogen and oxygen atoms in total. The molecule has 0 fully saturated rings. The highest BCUT2D eigenvalue weighted by molar-refractivity contribution is 5.86. The zero-order chi connectivity index (χ0) is 21.0. The maximum absolute atomic E-state index is 9.28. The summed E-state index contributed by atoms with van der Waals surface area (Å²) >= 11 is 0. The van der Waals surface area contributed by atoms with Gasteiger partial charge in [0.05, 0.1) is 28.2 Å². The molecule has 0 atom stereocenters. The van der Waals surface area contributed by atoms with Gasteiger partial charge in [-0.2, -0.15) is 0 Å². The number of benzene rings is 2. The minimum atomic E-state index is -1.63. The van der Waals surface area contributed by atoms with Crippen molar-refractivity contribution >= 4 is 23.3 Å². The molecule has 148 valence electrons. The van der Waals surface area contributed by atoms with Gasteiger partial charge in [0.2, 0.25) is 0 Å². The molecule has 0 unspecified atom stereocenters. The Labute approximate surface area is 158 Å². The molecule has 27 heavy (non-hydrogen) atoms. The fourth-order valence-electron chi connectivity index (χ4n) is 1.75. The third kappa shape index (κ3) is 12.0. The van der Waals surface area contributed by atoms with E-state index in [0.717, 1.165) is 11.4 Å². The molecular formula is C19H26N2O6. The normalized spacial score (nSPS) is 9.70. The first-order valence-electron chi connectivity index (χ1n) is 8.11. The second-order valence-electron chi connectivity index (χ2n) is 6.02. The zero-order valence-electron chi connectivity index (χ0n) is 15.9. The first-order valence-corrected chi connectivity index (χ1v) is 8.11. The van der Waals surface area contributed by atoms with Gasteiger partial charge in [-0.15, -0.1) is 0 Å². The van der Waals surface area contributed by atoms with Gasteiger partial charge in [-0.05, 0) is 24.3 Å². The van der Waals surface area contributed by atoms with Crippen LogP contribution in [0.5, 0.6) is 11.5 Å². The molecule has 0 aromatic heterocycles. The lowest BCUT2D eigenvalue weighted by atomic mass is 10.3. The van der Waals surface area contributed by atoms with E-state index in [1.165, 1.54) is 9.80 Å². The Bertz CT molecular complexity index is 670. The van der Waals surface area contributed by atoms with Crippen LogP contribution in [0.1, 0.15) is 6.42 Å². The number of hydrogen-bond donors (Lipinski definition) is 4. The number of hydrogen-bond acceptors (Lipinski definition) is 6. The fourth-order valence-corrected chi connectivity index (χ4v) is 1.75. The summed E-state index contributed by atoms with van der Waals surface area (Å²) in [4.78, 5) is 21.0. The molecule has 0 radical (unpaired) electrons. The van der Waals surface area contributed by atoms with E-state index in [2.05, 4.69) is 0 Å². The summed E-state index contributed by atoms with van der Waals surface area (Å²) in [5.74, 6) is -2.59. The number of aromatic hydroxyl groups is 2. The second-order valence-corrected chi connectivity index (χ2v) is 6.02. The summed E-state index contributed by atoms with van der Waals surface area (Å²) in [6.07, 6.45) is -1.03. The number of carboxylic acids is 2. The number of rotatable bonds is 4. The van der Waals surface area contributed by atoms with Crippen LogP contribution in [0.2, 0.25) is 0 Å². The van der Waals surface area contributed by atoms with Crippen molar-refractivity contribution in [3.05, 3.63) is 48.5 Å². The molecule has 0 saturated heterocycles. The summed E-state index contributed by atoms with van der Waals surface area (Å²) in [5, 5.41) is 36.7. The Balaban J connectivity index is 0.000000384. The molecule has 2 aromatic rings. The van der Waals surface area contributed by atoms with Gasteiger partial charge in [0.15, 0.2) is 0 Å². The molecule has 2 aromatic carbocycles. The van der Waals surface area contributed by atoms with Crippen molar-refractivity contribution in [3.63, 3.8) is 0 Å². The minimum Gasteiger partial charge on any atom is -0.550 e. The van der Waals surface area contributed by atoms with Crippen molar-refractivity contribution in [2.75, 3.05) is 28.2 Å². The smallest absolute Gasteiger partial charge is 0.134 e. The third-order valence-corrected chi connectivity index (χ3v) is 3.14. The molecule has 2 rings (SSSR count). The first-order chi connectivity index (χ1) is 12.5. The lowest BCUT2D eigenvalue weighted by Crippen LogP contribution is -3.00. The van der Waals surface area contributed by atoms with Crippen molar-refractivity contribution < 1.29 is 39.8 Å². The number of phenols is 2. The molecule has 0 saturated carbocycles. The van der Waals surface area contributed by atoms with Gasteiger partial charge in [-0.25, -0.2) is 0 Å². The number of aliphatic carboxylic acids is 2. The van der Waals surface area contributed by atoms with Crippen molar-refractivity contribution in [2.45, 2.75) is 6.42 Å².